The van der Waals surface area contributed by atoms with Crippen molar-refractivity contribution in [3.05, 3.63) is 71.8 Å². The van der Waals surface area contributed by atoms with Gasteiger partial charge in [-0.3, -0.25) is 52.7 Å². The van der Waals surface area contributed by atoms with Crippen LogP contribution in [0.5, 0.6) is 0 Å². The van der Waals surface area contributed by atoms with E-state index >= 15 is 0 Å². The van der Waals surface area contributed by atoms with Gasteiger partial charge in [-0.25, -0.2) is 0 Å². The molecule has 0 radical (unpaired) electrons. The fraction of sp³-hybridized carbons (Fsp3) is 0.667. The van der Waals surface area contributed by atoms with E-state index in [1.807, 2.05) is 0 Å². The molecule has 29 heteroatoms. The smallest absolute Gasteiger partial charge is 0.243 e. The Balaban J connectivity index is 2.53. The molecule has 552 valence electrons. The van der Waals surface area contributed by atoms with Crippen molar-refractivity contribution in [3.63, 3.8) is 0 Å². The monoisotopic (exact) mass is 1380 g/mol. The molecule has 11 amide bonds. The van der Waals surface area contributed by atoms with E-state index in [2.05, 4.69) is 53.2 Å². The maximum absolute atomic E-state index is 14.8. The Labute approximate surface area is 579 Å². The average Bonchev–Trinajstić information content (AvgIpc) is 0.870. The van der Waals surface area contributed by atoms with Gasteiger partial charge in [-0.05, 0) is 177 Å². The number of primary amides is 1. The SMILES string of the molecule is CC(C)[C@H](NC(=O)[C@H](CCCCN)NC(=O)[C@H](Cc1ccccc1)NC(=O)[C@@H](NC(=O)[C@@H](NC(=O)[C@H](CCCCN)NC(=O)[C@@H](N)CCCCN)C(C)C)C(C)C)C(=O)N[C@@H](CCCCN)C(=O)N[C@@H](Cc1ccccc1)C(=O)N[C@H](CCCCN)C(=O)N[C@H](CCCCN)C(N)=O. The average molecular weight is 1380 g/mol. The molecule has 98 heavy (non-hydrogen) atoms. The minimum absolute atomic E-state index is 0.0383. The van der Waals surface area contributed by atoms with Gasteiger partial charge in [0.05, 0.1) is 6.04 Å². The Morgan fingerprint density at radius 3 is 0.816 bits per heavy atom. The first-order valence-corrected chi connectivity index (χ1v) is 35.1. The summed E-state index contributed by atoms with van der Waals surface area (Å²) >= 11 is 0. The van der Waals surface area contributed by atoms with Crippen LogP contribution in [0.25, 0.3) is 0 Å². The van der Waals surface area contributed by atoms with E-state index in [-0.39, 0.29) is 58.0 Å². The van der Waals surface area contributed by atoms with E-state index < -0.39 is 149 Å². The van der Waals surface area contributed by atoms with Crippen LogP contribution in [0.3, 0.4) is 0 Å². The van der Waals surface area contributed by atoms with Crippen LogP contribution in [0.15, 0.2) is 60.7 Å². The normalized spacial score (nSPS) is 14.7. The minimum Gasteiger partial charge on any atom is -0.368 e. The van der Waals surface area contributed by atoms with Gasteiger partial charge in [0.2, 0.25) is 65.0 Å². The first-order valence-electron chi connectivity index (χ1n) is 35.1. The zero-order valence-corrected chi connectivity index (χ0v) is 58.9. The summed E-state index contributed by atoms with van der Waals surface area (Å²) in [4.78, 5) is 156. The van der Waals surface area contributed by atoms with Gasteiger partial charge < -0.3 is 99.0 Å². The molecule has 0 aliphatic carbocycles. The molecule has 0 saturated heterocycles. The highest BCUT2D eigenvalue weighted by atomic mass is 16.2. The maximum Gasteiger partial charge on any atom is 0.243 e. The lowest BCUT2D eigenvalue weighted by molar-refractivity contribution is -0.137. The minimum atomic E-state index is -1.34. The van der Waals surface area contributed by atoms with Crippen molar-refractivity contribution < 1.29 is 52.7 Å². The summed E-state index contributed by atoms with van der Waals surface area (Å²) in [6.45, 7) is 12.2. The van der Waals surface area contributed by atoms with Gasteiger partial charge in [-0.2, -0.15) is 0 Å². The number of carbonyl (C=O) groups excluding carboxylic acids is 11. The van der Waals surface area contributed by atoms with Gasteiger partial charge in [-0.1, -0.05) is 109 Å². The van der Waals surface area contributed by atoms with Gasteiger partial charge in [0.1, 0.15) is 60.4 Å². The molecule has 29 nitrogen and oxygen atoms in total. The zero-order valence-electron chi connectivity index (χ0n) is 58.9. The summed E-state index contributed by atoms with van der Waals surface area (Å²) in [6, 6.07) is 4.48. The number of hydrogen-bond donors (Lipinski definition) is 18. The van der Waals surface area contributed by atoms with Crippen LogP contribution in [0.4, 0.5) is 0 Å². The molecule has 0 saturated carbocycles. The first kappa shape index (κ1) is 86.4. The van der Waals surface area contributed by atoms with Crippen molar-refractivity contribution in [2.24, 2.45) is 63.6 Å². The van der Waals surface area contributed by atoms with Crippen LogP contribution in [0.1, 0.15) is 168 Å². The first-order chi connectivity index (χ1) is 46.8. The van der Waals surface area contributed by atoms with E-state index in [9.17, 15) is 52.7 Å². The lowest BCUT2D eigenvalue weighted by atomic mass is 9.98. The summed E-state index contributed by atoms with van der Waals surface area (Å²) in [5.74, 6) is -9.51. The standard InChI is InChI=1S/C69H120N18O11/c1-43(2)56(67(96)82-51(32-16-22-38-73)62(91)83-54(41-46-25-9-7-10-26-46)65(94)80-50(31-15-21-37-72)61(90)78-49(59(77)88)30-14-20-36-71)85-64(93)53(34-18-24-40-75)81-66(95)55(42-47-27-11-8-12-28-47)84-68(97)57(44(3)4)87-69(98)58(45(5)6)86-63(92)52(33-17-23-39-74)79-60(89)48(76)29-13-19-35-70/h7-12,25-28,43-45,48-58H,13-24,29-42,70-76H2,1-6H3,(H2,77,88)(H,78,90)(H,79,89)(H,80,94)(H,81,95)(H,82,96)(H,83,91)(H,84,97)(H,85,93)(H,86,92)(H,87,98)/t48-,49+,50+,51-,52-,53-,54-,55-,56-,57-,58-/m0/s1. The highest BCUT2D eigenvalue weighted by Gasteiger charge is 2.38. The highest BCUT2D eigenvalue weighted by molar-refractivity contribution is 5.99. The molecule has 2 aromatic carbocycles. The number of rotatable bonds is 52. The van der Waals surface area contributed by atoms with Crippen molar-refractivity contribution >= 4 is 65.0 Å². The van der Waals surface area contributed by atoms with E-state index in [4.69, 9.17) is 45.9 Å². The predicted molar refractivity (Wildman–Crippen MR) is 379 cm³/mol. The van der Waals surface area contributed by atoms with Crippen LogP contribution < -0.4 is 99.0 Å². The van der Waals surface area contributed by atoms with Gasteiger partial charge in [0.15, 0.2) is 0 Å². The summed E-state index contributed by atoms with van der Waals surface area (Å²) in [5, 5.41) is 27.9. The van der Waals surface area contributed by atoms with Crippen molar-refractivity contribution in [2.75, 3.05) is 39.3 Å². The third-order valence-corrected chi connectivity index (χ3v) is 16.8. The maximum atomic E-state index is 14.8. The molecule has 0 aliphatic rings. The van der Waals surface area contributed by atoms with Crippen molar-refractivity contribution in [1.29, 1.82) is 0 Å². The van der Waals surface area contributed by atoms with Crippen molar-refractivity contribution in [3.8, 4) is 0 Å². The number of nitrogens with one attached hydrogen (secondary N) is 10. The quantitative estimate of drug-likeness (QED) is 0.0349. The number of hydrogen-bond acceptors (Lipinski definition) is 18. The molecule has 0 aliphatic heterocycles. The molecule has 2 aromatic rings. The topological polar surface area (TPSA) is 516 Å². The number of carbonyl (C=O) groups is 11. The molecule has 2 rings (SSSR count). The molecule has 0 fully saturated rings. The van der Waals surface area contributed by atoms with Crippen LogP contribution in [0, 0.1) is 17.8 Å². The van der Waals surface area contributed by atoms with Gasteiger partial charge in [0, 0.05) is 12.8 Å². The van der Waals surface area contributed by atoms with Crippen molar-refractivity contribution in [1.82, 2.24) is 53.2 Å². The van der Waals surface area contributed by atoms with E-state index in [0.29, 0.717) is 121 Å². The van der Waals surface area contributed by atoms with Crippen LogP contribution in [0.2, 0.25) is 0 Å². The Bertz CT molecular complexity index is 2730. The predicted octanol–water partition coefficient (Wildman–Crippen LogP) is -1.13. The summed E-state index contributed by atoms with van der Waals surface area (Å²) in [5.41, 5.74) is 47.7. The third kappa shape index (κ3) is 33.3. The van der Waals surface area contributed by atoms with Gasteiger partial charge >= 0.3 is 0 Å². The van der Waals surface area contributed by atoms with Gasteiger partial charge in [-0.15, -0.1) is 0 Å². The second-order valence-electron chi connectivity index (χ2n) is 26.2. The molecule has 0 aromatic heterocycles. The summed E-state index contributed by atoms with van der Waals surface area (Å²) in [6.07, 6.45) is 6.95. The summed E-state index contributed by atoms with van der Waals surface area (Å²) < 4.78 is 0. The van der Waals surface area contributed by atoms with Crippen LogP contribution in [-0.4, -0.2) is 171 Å². The Hall–Kier alpha value is -7.67. The zero-order chi connectivity index (χ0) is 73.1. The third-order valence-electron chi connectivity index (χ3n) is 16.8. The molecule has 0 spiro atoms. The molecular formula is C69H120N18O11. The Morgan fingerprint density at radius 1 is 0.286 bits per heavy atom. The fourth-order valence-electron chi connectivity index (χ4n) is 10.8. The molecule has 0 heterocycles. The Kier molecular flexibility index (Phi) is 43.2. The van der Waals surface area contributed by atoms with Crippen LogP contribution in [-0.2, 0) is 65.6 Å². The molecule has 0 unspecified atom stereocenters. The summed E-state index contributed by atoms with van der Waals surface area (Å²) in [7, 11) is 0. The number of benzene rings is 2. The van der Waals surface area contributed by atoms with E-state index in [0.717, 1.165) is 0 Å². The van der Waals surface area contributed by atoms with E-state index in [1.54, 1.807) is 102 Å². The lowest BCUT2D eigenvalue weighted by Gasteiger charge is -2.30. The second kappa shape index (κ2) is 48.9. The largest absolute Gasteiger partial charge is 0.368 e. The fourth-order valence-corrected chi connectivity index (χ4v) is 10.8. The lowest BCUT2D eigenvalue weighted by Crippen LogP contribution is -2.62. The second-order valence-corrected chi connectivity index (χ2v) is 26.2. The van der Waals surface area contributed by atoms with Gasteiger partial charge in [0.25, 0.3) is 0 Å². The Morgan fingerprint density at radius 2 is 0.510 bits per heavy atom. The molecule has 26 N–H and O–H groups in total. The molecule has 0 bridgehead atoms. The van der Waals surface area contributed by atoms with Crippen molar-refractivity contribution in [2.45, 2.75) is 236 Å². The van der Waals surface area contributed by atoms with Crippen LogP contribution >= 0.6 is 0 Å². The highest BCUT2D eigenvalue weighted by Crippen LogP contribution is 2.16. The number of unbranched alkanes of at least 4 members (excludes halogenated alkanes) is 6. The van der Waals surface area contributed by atoms with E-state index in [1.165, 1.54) is 0 Å². The number of amides is 11. The number of nitrogens with two attached hydrogens (primary N) is 8. The molecule has 11 atom stereocenters. The molecular weight excluding hydrogens is 1260 g/mol.